The average molecular weight is 369 g/mol. The molecule has 2 rings (SSSR count). The van der Waals surface area contributed by atoms with Crippen LogP contribution in [0.4, 0.5) is 0 Å². The first-order valence-corrected chi connectivity index (χ1v) is 11.2. The van der Waals surface area contributed by atoms with E-state index in [1.807, 2.05) is 0 Å². The van der Waals surface area contributed by atoms with E-state index >= 15 is 0 Å². The Labute approximate surface area is 148 Å². The van der Waals surface area contributed by atoms with E-state index in [1.165, 1.54) is 10.8 Å². The quantitative estimate of drug-likeness (QED) is 0.623. The smallest absolute Gasteiger partial charge is 0.330 e. The number of ether oxygens (including phenoxy) is 1. The summed E-state index contributed by atoms with van der Waals surface area (Å²) in [6.45, 7) is 16.0. The Hall–Kier alpha value is -1.48. The minimum Gasteiger partial charge on any atom is -0.406 e. The second-order valence-corrected chi connectivity index (χ2v) is 12.8. The van der Waals surface area contributed by atoms with Crippen LogP contribution in [0.25, 0.3) is 0 Å². The Morgan fingerprint density at radius 1 is 1.40 bits per heavy atom. The zero-order chi connectivity index (χ0) is 19.2. The number of nitrogens with zero attached hydrogens (tertiary/aromatic N) is 1. The van der Waals surface area contributed by atoms with Crippen molar-refractivity contribution >= 4 is 8.32 Å². The Kier molecular flexibility index (Phi) is 5.30. The van der Waals surface area contributed by atoms with Crippen LogP contribution < -0.4 is 11.2 Å². The molecule has 8 heteroatoms. The molecule has 0 aliphatic carbocycles. The lowest BCUT2D eigenvalue weighted by molar-refractivity contribution is -0.0499. The summed E-state index contributed by atoms with van der Waals surface area (Å²) in [5.74, 6) is 0. The highest BCUT2D eigenvalue weighted by Gasteiger charge is 2.47. The molecule has 0 saturated carbocycles. The van der Waals surface area contributed by atoms with Crippen LogP contribution in [0, 0.1) is 6.92 Å². The molecule has 25 heavy (non-hydrogen) atoms. The van der Waals surface area contributed by atoms with E-state index < -0.39 is 38.0 Å². The van der Waals surface area contributed by atoms with E-state index in [-0.39, 0.29) is 11.6 Å². The summed E-state index contributed by atoms with van der Waals surface area (Å²) in [4.78, 5) is 26.2. The zero-order valence-corrected chi connectivity index (χ0v) is 16.8. The van der Waals surface area contributed by atoms with Crippen molar-refractivity contribution in [2.45, 2.75) is 64.3 Å². The van der Waals surface area contributed by atoms with Gasteiger partial charge in [0.05, 0.1) is 6.61 Å². The molecule has 0 aromatic carbocycles. The number of hydrogen-bond acceptors (Lipinski definition) is 5. The van der Waals surface area contributed by atoms with Crippen molar-refractivity contribution in [2.75, 3.05) is 6.61 Å². The number of aliphatic hydroxyl groups is 1. The number of rotatable bonds is 4. The summed E-state index contributed by atoms with van der Waals surface area (Å²) >= 11 is 0. The van der Waals surface area contributed by atoms with Gasteiger partial charge in [0.25, 0.3) is 5.56 Å². The van der Waals surface area contributed by atoms with Crippen molar-refractivity contribution in [1.29, 1.82) is 0 Å². The molecule has 2 heterocycles. The first-order chi connectivity index (χ1) is 11.4. The van der Waals surface area contributed by atoms with Gasteiger partial charge in [-0.25, -0.2) is 4.79 Å². The summed E-state index contributed by atoms with van der Waals surface area (Å²) in [7, 11) is -2.18. The molecule has 1 fully saturated rings. The van der Waals surface area contributed by atoms with Gasteiger partial charge in [-0.1, -0.05) is 27.4 Å². The van der Waals surface area contributed by atoms with Gasteiger partial charge in [0, 0.05) is 11.8 Å². The van der Waals surface area contributed by atoms with Crippen molar-refractivity contribution in [3.63, 3.8) is 0 Å². The van der Waals surface area contributed by atoms with Gasteiger partial charge in [0.2, 0.25) is 0 Å². The van der Waals surface area contributed by atoms with E-state index in [1.54, 1.807) is 6.92 Å². The molecule has 140 valence electrons. The third-order valence-electron chi connectivity index (χ3n) is 5.16. The lowest BCUT2D eigenvalue weighted by Gasteiger charge is -2.39. The van der Waals surface area contributed by atoms with Crippen molar-refractivity contribution in [2.24, 2.45) is 0 Å². The summed E-state index contributed by atoms with van der Waals surface area (Å²) in [5, 5.41) is 9.53. The monoisotopic (exact) mass is 368 g/mol. The molecule has 1 saturated heterocycles. The molecule has 0 spiro atoms. The standard InChI is InChI=1S/C17H28N2O5Si/c1-10-8-19(16(22)18-14(10)21)15-13(11(2)12(9-20)23-15)24-25(6,7)17(3,4)5/h8,12-13,15,20H,2,9H2,1,3-7H3,(H,18,21,22)/t12-,13+,15-/m1/s1. The summed E-state index contributed by atoms with van der Waals surface area (Å²) in [5.41, 5.74) is -0.00474. The van der Waals surface area contributed by atoms with Gasteiger partial charge < -0.3 is 14.3 Å². The van der Waals surface area contributed by atoms with E-state index in [4.69, 9.17) is 9.16 Å². The average Bonchev–Trinajstić information content (AvgIpc) is 2.78. The van der Waals surface area contributed by atoms with Crippen LogP contribution in [0.15, 0.2) is 27.9 Å². The first-order valence-electron chi connectivity index (χ1n) is 8.34. The maximum atomic E-state index is 12.3. The fourth-order valence-corrected chi connectivity index (χ4v) is 3.72. The molecule has 7 nitrogen and oxygen atoms in total. The minimum absolute atomic E-state index is 0.0407. The SMILES string of the molecule is C=C1[C@@H](CO)O[C@@H](n2cc(C)c(=O)[nH]c2=O)[C@H]1O[Si](C)(C)C(C)(C)C. The van der Waals surface area contributed by atoms with Gasteiger partial charge in [-0.15, -0.1) is 0 Å². The van der Waals surface area contributed by atoms with Crippen molar-refractivity contribution in [3.05, 3.63) is 44.8 Å². The third kappa shape index (κ3) is 3.71. The second-order valence-electron chi connectivity index (χ2n) is 8.05. The fourth-order valence-electron chi connectivity index (χ4n) is 2.47. The third-order valence-corrected chi connectivity index (χ3v) is 9.61. The molecule has 0 unspecified atom stereocenters. The number of nitrogens with one attached hydrogen (secondary N) is 1. The molecule has 1 aliphatic rings. The molecule has 1 aliphatic heterocycles. The van der Waals surface area contributed by atoms with Gasteiger partial charge in [-0.05, 0) is 30.6 Å². The van der Waals surface area contributed by atoms with Gasteiger partial charge >= 0.3 is 5.69 Å². The number of aromatic nitrogens is 2. The Morgan fingerprint density at radius 3 is 2.52 bits per heavy atom. The summed E-state index contributed by atoms with van der Waals surface area (Å²) in [6.07, 6.45) is -0.497. The van der Waals surface area contributed by atoms with E-state index in [0.29, 0.717) is 11.1 Å². The van der Waals surface area contributed by atoms with Crippen LogP contribution in [-0.2, 0) is 9.16 Å². The summed E-state index contributed by atoms with van der Waals surface area (Å²) in [6, 6.07) is 0. The van der Waals surface area contributed by atoms with Crippen LogP contribution in [-0.4, -0.2) is 41.8 Å². The number of aliphatic hydroxyl groups excluding tert-OH is 1. The van der Waals surface area contributed by atoms with E-state index in [0.717, 1.165) is 0 Å². The maximum Gasteiger partial charge on any atom is 0.330 e. The topological polar surface area (TPSA) is 93.5 Å². The van der Waals surface area contributed by atoms with Crippen LogP contribution in [0.2, 0.25) is 18.1 Å². The van der Waals surface area contributed by atoms with Gasteiger partial charge in [-0.2, -0.15) is 0 Å². The highest BCUT2D eigenvalue weighted by atomic mass is 28.4. The molecule has 3 atom stereocenters. The molecule has 1 aromatic heterocycles. The van der Waals surface area contributed by atoms with Gasteiger partial charge in [0.15, 0.2) is 14.5 Å². The predicted octanol–water partition coefficient (Wildman–Crippen LogP) is 1.68. The van der Waals surface area contributed by atoms with E-state index in [2.05, 4.69) is 45.4 Å². The highest BCUT2D eigenvalue weighted by molar-refractivity contribution is 6.74. The maximum absolute atomic E-state index is 12.3. The van der Waals surface area contributed by atoms with Crippen molar-refractivity contribution in [1.82, 2.24) is 9.55 Å². The number of H-pyrrole nitrogens is 1. The van der Waals surface area contributed by atoms with E-state index in [9.17, 15) is 14.7 Å². The van der Waals surface area contributed by atoms with Crippen LogP contribution in [0.3, 0.4) is 0 Å². The molecular formula is C17H28N2O5Si. The number of aromatic amines is 1. The molecule has 0 bridgehead atoms. The Bertz CT molecular complexity index is 774. The van der Waals surface area contributed by atoms with Gasteiger partial charge in [0.1, 0.15) is 12.2 Å². The molecule has 1 aromatic rings. The lowest BCUT2D eigenvalue weighted by atomic mass is 10.1. The first kappa shape index (κ1) is 19.8. The number of aryl methyl sites for hydroxylation is 1. The van der Waals surface area contributed by atoms with Crippen molar-refractivity contribution in [3.8, 4) is 0 Å². The molecule has 0 radical (unpaired) electrons. The highest BCUT2D eigenvalue weighted by Crippen LogP contribution is 2.42. The lowest BCUT2D eigenvalue weighted by Crippen LogP contribution is -2.47. The van der Waals surface area contributed by atoms with Crippen LogP contribution in [0.5, 0.6) is 0 Å². The van der Waals surface area contributed by atoms with Crippen LogP contribution in [0.1, 0.15) is 32.6 Å². The Balaban J connectivity index is 2.48. The fraction of sp³-hybridized carbons (Fsp3) is 0.647. The second kappa shape index (κ2) is 6.68. The molecule has 0 amide bonds. The molecular weight excluding hydrogens is 340 g/mol. The predicted molar refractivity (Wildman–Crippen MR) is 98.3 cm³/mol. The normalized spacial score (nSPS) is 24.8. The largest absolute Gasteiger partial charge is 0.406 e. The number of hydrogen-bond donors (Lipinski definition) is 2. The van der Waals surface area contributed by atoms with Crippen LogP contribution >= 0.6 is 0 Å². The Morgan fingerprint density at radius 2 is 2.00 bits per heavy atom. The minimum atomic E-state index is -2.18. The molecule has 2 N–H and O–H groups in total. The zero-order valence-electron chi connectivity index (χ0n) is 15.8. The van der Waals surface area contributed by atoms with Crippen molar-refractivity contribution < 1.29 is 14.3 Å². The van der Waals surface area contributed by atoms with Gasteiger partial charge in [-0.3, -0.25) is 14.3 Å². The summed E-state index contributed by atoms with van der Waals surface area (Å²) < 4.78 is 13.6.